The molecular weight excluding hydrogens is 296 g/mol. The molecule has 0 unspecified atom stereocenters. The van der Waals surface area contributed by atoms with E-state index in [-0.39, 0.29) is 0 Å². The number of rotatable bonds is 3. The zero-order valence-corrected chi connectivity index (χ0v) is 14.9. The molecule has 2 aliphatic rings. The summed E-state index contributed by atoms with van der Waals surface area (Å²) >= 11 is 0. The van der Waals surface area contributed by atoms with Gasteiger partial charge in [0.2, 0.25) is 0 Å². The van der Waals surface area contributed by atoms with Crippen molar-refractivity contribution in [1.82, 2.24) is 19.8 Å². The molecule has 128 valence electrons. The van der Waals surface area contributed by atoms with Gasteiger partial charge in [0.05, 0.1) is 11.4 Å². The fourth-order valence-corrected chi connectivity index (χ4v) is 4.23. The van der Waals surface area contributed by atoms with Crippen molar-refractivity contribution in [2.45, 2.75) is 52.2 Å². The molecule has 24 heavy (non-hydrogen) atoms. The Hall–Kier alpha value is -1.65. The van der Waals surface area contributed by atoms with Crippen LogP contribution < -0.4 is 5.32 Å². The molecule has 1 N–H and O–H groups in total. The first kappa shape index (κ1) is 15.9. The smallest absolute Gasteiger partial charge is 0.106 e. The van der Waals surface area contributed by atoms with Crippen LogP contribution in [0.2, 0.25) is 0 Å². The van der Waals surface area contributed by atoms with Crippen LogP contribution >= 0.6 is 0 Å². The zero-order chi connectivity index (χ0) is 16.5. The number of aromatic nitrogens is 2. The van der Waals surface area contributed by atoms with Gasteiger partial charge in [-0.2, -0.15) is 0 Å². The molecule has 4 nitrogen and oxygen atoms in total. The third kappa shape index (κ3) is 3.01. The second kappa shape index (κ2) is 6.69. The molecule has 3 heterocycles. The van der Waals surface area contributed by atoms with Crippen molar-refractivity contribution < 1.29 is 0 Å². The highest BCUT2D eigenvalue weighted by Gasteiger charge is 2.27. The number of benzene rings is 1. The summed E-state index contributed by atoms with van der Waals surface area (Å²) in [6, 6.07) is 8.77. The van der Waals surface area contributed by atoms with Crippen LogP contribution in [0.1, 0.15) is 47.1 Å². The van der Waals surface area contributed by atoms with Crippen LogP contribution in [0, 0.1) is 13.8 Å². The van der Waals surface area contributed by atoms with Crippen LogP contribution in [0.3, 0.4) is 0 Å². The highest BCUT2D eigenvalue weighted by molar-refractivity contribution is 5.26. The van der Waals surface area contributed by atoms with Crippen molar-refractivity contribution in [3.05, 3.63) is 52.6 Å². The number of hydrogen-bond donors (Lipinski definition) is 1. The summed E-state index contributed by atoms with van der Waals surface area (Å²) in [7, 11) is 0. The summed E-state index contributed by atoms with van der Waals surface area (Å²) in [5.41, 5.74) is 5.69. The van der Waals surface area contributed by atoms with Crippen LogP contribution in [0.5, 0.6) is 0 Å². The summed E-state index contributed by atoms with van der Waals surface area (Å²) in [6.07, 6.45) is 2.46. The van der Waals surface area contributed by atoms with Crippen molar-refractivity contribution >= 4 is 0 Å². The Kier molecular flexibility index (Phi) is 4.42. The number of aryl methyl sites for hydroxylation is 2. The van der Waals surface area contributed by atoms with Gasteiger partial charge in [-0.1, -0.05) is 24.3 Å². The van der Waals surface area contributed by atoms with Crippen LogP contribution in [0.25, 0.3) is 0 Å². The van der Waals surface area contributed by atoms with Crippen LogP contribution in [-0.2, 0) is 19.6 Å². The standard InChI is InChI=1S/C20H28N4/c1-15-5-3-4-6-18(15)14-23-10-7-17(8-11-23)20-19-13-21-9-12-24(19)16(2)22-20/h3-6,17,21H,7-14H2,1-2H3. The maximum atomic E-state index is 4.94. The molecular formula is C20H28N4. The molecule has 2 aromatic rings. The number of imidazole rings is 1. The Morgan fingerprint density at radius 3 is 2.71 bits per heavy atom. The lowest BCUT2D eigenvalue weighted by atomic mass is 9.91. The zero-order valence-electron chi connectivity index (χ0n) is 14.9. The SMILES string of the molecule is Cc1ccccc1CN1CCC(c2nc(C)n3c2CNCC3)CC1. The van der Waals surface area contributed by atoms with Gasteiger partial charge in [-0.25, -0.2) is 4.98 Å². The normalized spacial score (nSPS) is 19.4. The van der Waals surface area contributed by atoms with Gasteiger partial charge < -0.3 is 9.88 Å². The Morgan fingerprint density at radius 1 is 1.12 bits per heavy atom. The van der Waals surface area contributed by atoms with Crippen molar-refractivity contribution in [2.75, 3.05) is 19.6 Å². The number of fused-ring (bicyclic) bond motifs is 1. The van der Waals surface area contributed by atoms with Gasteiger partial charge in [0, 0.05) is 32.1 Å². The summed E-state index contributed by atoms with van der Waals surface area (Å²) in [4.78, 5) is 7.55. The number of nitrogens with zero attached hydrogens (tertiary/aromatic N) is 3. The largest absolute Gasteiger partial charge is 0.330 e. The van der Waals surface area contributed by atoms with E-state index in [4.69, 9.17) is 4.98 Å². The van der Waals surface area contributed by atoms with Gasteiger partial charge >= 0.3 is 0 Å². The summed E-state index contributed by atoms with van der Waals surface area (Å²) in [6.45, 7) is 10.9. The topological polar surface area (TPSA) is 33.1 Å². The van der Waals surface area contributed by atoms with Crippen molar-refractivity contribution in [3.8, 4) is 0 Å². The average molecular weight is 324 g/mol. The number of likely N-dealkylation sites (tertiary alicyclic amines) is 1. The minimum Gasteiger partial charge on any atom is -0.330 e. The Bertz CT molecular complexity index is 710. The molecule has 1 fully saturated rings. The first-order valence-electron chi connectivity index (χ1n) is 9.26. The maximum absolute atomic E-state index is 4.94. The predicted molar refractivity (Wildman–Crippen MR) is 97.1 cm³/mol. The molecule has 0 radical (unpaired) electrons. The van der Waals surface area contributed by atoms with Gasteiger partial charge in [0.15, 0.2) is 0 Å². The van der Waals surface area contributed by atoms with E-state index in [9.17, 15) is 0 Å². The van der Waals surface area contributed by atoms with E-state index in [0.29, 0.717) is 5.92 Å². The molecule has 4 heteroatoms. The van der Waals surface area contributed by atoms with Gasteiger partial charge in [-0.15, -0.1) is 0 Å². The minimum atomic E-state index is 0.632. The molecule has 0 amide bonds. The Morgan fingerprint density at radius 2 is 1.92 bits per heavy atom. The van der Waals surface area contributed by atoms with Crippen molar-refractivity contribution in [1.29, 1.82) is 0 Å². The lowest BCUT2D eigenvalue weighted by Gasteiger charge is -2.32. The highest BCUT2D eigenvalue weighted by Crippen LogP contribution is 2.31. The lowest BCUT2D eigenvalue weighted by Crippen LogP contribution is -2.34. The average Bonchev–Trinajstić information content (AvgIpc) is 2.95. The van der Waals surface area contributed by atoms with Gasteiger partial charge in [-0.3, -0.25) is 4.90 Å². The van der Waals surface area contributed by atoms with E-state index in [0.717, 1.165) is 26.2 Å². The van der Waals surface area contributed by atoms with E-state index >= 15 is 0 Å². The van der Waals surface area contributed by atoms with Crippen molar-refractivity contribution in [3.63, 3.8) is 0 Å². The summed E-state index contributed by atoms with van der Waals surface area (Å²) in [5.74, 6) is 1.83. The second-order valence-electron chi connectivity index (χ2n) is 7.30. The second-order valence-corrected chi connectivity index (χ2v) is 7.30. The number of hydrogen-bond acceptors (Lipinski definition) is 3. The van der Waals surface area contributed by atoms with Crippen molar-refractivity contribution in [2.24, 2.45) is 0 Å². The molecule has 0 spiro atoms. The Labute approximate surface area is 144 Å². The van der Waals surface area contributed by atoms with Gasteiger partial charge in [0.25, 0.3) is 0 Å². The molecule has 4 rings (SSSR count). The van der Waals surface area contributed by atoms with Crippen LogP contribution in [0.4, 0.5) is 0 Å². The molecule has 0 aliphatic carbocycles. The third-order valence-electron chi connectivity index (χ3n) is 5.73. The molecule has 0 atom stereocenters. The molecule has 2 aliphatic heterocycles. The molecule has 1 aromatic heterocycles. The summed E-state index contributed by atoms with van der Waals surface area (Å²) < 4.78 is 2.42. The first-order chi connectivity index (χ1) is 11.7. The minimum absolute atomic E-state index is 0.632. The molecule has 0 bridgehead atoms. The number of nitrogens with one attached hydrogen (secondary N) is 1. The van der Waals surface area contributed by atoms with Crippen LogP contribution in [-0.4, -0.2) is 34.1 Å². The van der Waals surface area contributed by atoms with Gasteiger partial charge in [0.1, 0.15) is 5.82 Å². The van der Waals surface area contributed by atoms with Gasteiger partial charge in [-0.05, 0) is 50.9 Å². The third-order valence-corrected chi connectivity index (χ3v) is 5.73. The maximum Gasteiger partial charge on any atom is 0.106 e. The molecule has 1 saturated heterocycles. The fourth-order valence-electron chi connectivity index (χ4n) is 4.23. The van der Waals surface area contributed by atoms with E-state index < -0.39 is 0 Å². The quantitative estimate of drug-likeness (QED) is 0.942. The van der Waals surface area contributed by atoms with Crippen LogP contribution in [0.15, 0.2) is 24.3 Å². The Balaban J connectivity index is 1.42. The summed E-state index contributed by atoms with van der Waals surface area (Å²) in [5, 5.41) is 3.51. The fraction of sp³-hybridized carbons (Fsp3) is 0.550. The predicted octanol–water partition coefficient (Wildman–Crippen LogP) is 2.98. The first-order valence-corrected chi connectivity index (χ1v) is 9.26. The highest BCUT2D eigenvalue weighted by atomic mass is 15.2. The van der Waals surface area contributed by atoms with E-state index in [2.05, 4.69) is 52.9 Å². The monoisotopic (exact) mass is 324 g/mol. The molecule has 1 aromatic carbocycles. The van der Waals surface area contributed by atoms with E-state index in [1.54, 1.807) is 0 Å². The van der Waals surface area contributed by atoms with E-state index in [1.165, 1.54) is 54.3 Å². The lowest BCUT2D eigenvalue weighted by molar-refractivity contribution is 0.202. The number of piperidine rings is 1. The van der Waals surface area contributed by atoms with E-state index in [1.807, 2.05) is 0 Å². The molecule has 0 saturated carbocycles.